The number of hydrogen-bond donors (Lipinski definition) is 0. The first-order valence-electron chi connectivity index (χ1n) is 3.50. The summed E-state index contributed by atoms with van der Waals surface area (Å²) in [4.78, 5) is 8.34. The second-order valence-corrected chi connectivity index (χ2v) is 3.32. The van der Waals surface area contributed by atoms with Crippen LogP contribution in [0, 0.1) is 6.92 Å². The van der Waals surface area contributed by atoms with Gasteiger partial charge in [0.15, 0.2) is 4.60 Å². The molecule has 0 aliphatic rings. The molecule has 0 bridgehead atoms. The molecule has 0 aliphatic heterocycles. The molecule has 4 nitrogen and oxygen atoms in total. The number of halogens is 1. The maximum atomic E-state index is 4.25. The van der Waals surface area contributed by atoms with E-state index >= 15 is 0 Å². The van der Waals surface area contributed by atoms with E-state index in [2.05, 4.69) is 31.0 Å². The highest BCUT2D eigenvalue weighted by atomic mass is 79.9. The van der Waals surface area contributed by atoms with Crippen LogP contribution < -0.4 is 0 Å². The van der Waals surface area contributed by atoms with Crippen LogP contribution in [0.3, 0.4) is 0 Å². The minimum atomic E-state index is 0.760. The van der Waals surface area contributed by atoms with Crippen molar-refractivity contribution in [2.24, 2.45) is 7.05 Å². The maximum absolute atomic E-state index is 4.25. The first-order chi connectivity index (χ1) is 5.68. The van der Waals surface area contributed by atoms with Gasteiger partial charge in [0.05, 0.1) is 6.20 Å². The predicted molar refractivity (Wildman–Crippen MR) is 48.7 cm³/mol. The summed E-state index contributed by atoms with van der Waals surface area (Å²) in [7, 11) is 1.87. The van der Waals surface area contributed by atoms with Gasteiger partial charge in [-0.3, -0.25) is 4.68 Å². The number of aromatic nitrogens is 4. The van der Waals surface area contributed by atoms with Crippen molar-refractivity contribution >= 4 is 27.0 Å². The standard InChI is InChI=1S/C7H7BrN4/c1-4-9-3-5-6(10-4)7(8)11-12(5)2/h3H,1-2H3. The van der Waals surface area contributed by atoms with Gasteiger partial charge >= 0.3 is 0 Å². The summed E-state index contributed by atoms with van der Waals surface area (Å²) < 4.78 is 2.52. The normalized spacial score (nSPS) is 10.9. The average molecular weight is 227 g/mol. The molecule has 2 heterocycles. The Morgan fingerprint density at radius 3 is 3.00 bits per heavy atom. The molecule has 12 heavy (non-hydrogen) atoms. The van der Waals surface area contributed by atoms with Gasteiger partial charge in [0.1, 0.15) is 16.9 Å². The van der Waals surface area contributed by atoms with E-state index < -0.39 is 0 Å². The highest BCUT2D eigenvalue weighted by Crippen LogP contribution is 2.19. The molecule has 2 rings (SSSR count). The van der Waals surface area contributed by atoms with Crippen LogP contribution in [0.15, 0.2) is 10.8 Å². The van der Waals surface area contributed by atoms with Crippen LogP contribution in [-0.2, 0) is 7.05 Å². The van der Waals surface area contributed by atoms with E-state index in [1.54, 1.807) is 10.9 Å². The monoisotopic (exact) mass is 226 g/mol. The molecule has 0 radical (unpaired) electrons. The fourth-order valence-electron chi connectivity index (χ4n) is 1.09. The van der Waals surface area contributed by atoms with Gasteiger partial charge in [-0.25, -0.2) is 9.97 Å². The molecular weight excluding hydrogens is 220 g/mol. The van der Waals surface area contributed by atoms with Crippen molar-refractivity contribution in [1.82, 2.24) is 19.7 Å². The molecule has 0 saturated heterocycles. The van der Waals surface area contributed by atoms with E-state index in [0.29, 0.717) is 0 Å². The molecule has 0 unspecified atom stereocenters. The van der Waals surface area contributed by atoms with E-state index in [1.807, 2.05) is 14.0 Å². The number of hydrogen-bond acceptors (Lipinski definition) is 3. The molecule has 62 valence electrons. The Hall–Kier alpha value is -0.970. The van der Waals surface area contributed by atoms with E-state index in [-0.39, 0.29) is 0 Å². The van der Waals surface area contributed by atoms with Crippen molar-refractivity contribution in [3.8, 4) is 0 Å². The van der Waals surface area contributed by atoms with Gasteiger partial charge in [-0.15, -0.1) is 0 Å². The summed E-state index contributed by atoms with van der Waals surface area (Å²) in [6, 6.07) is 0. The maximum Gasteiger partial charge on any atom is 0.154 e. The SMILES string of the molecule is Cc1ncc2c(n1)c(Br)nn2C. The Bertz CT molecular complexity index is 434. The van der Waals surface area contributed by atoms with E-state index in [4.69, 9.17) is 0 Å². The number of aryl methyl sites for hydroxylation is 2. The summed E-state index contributed by atoms with van der Waals surface area (Å²) in [5.41, 5.74) is 1.80. The minimum absolute atomic E-state index is 0.760. The second-order valence-electron chi connectivity index (χ2n) is 2.57. The number of nitrogens with zero attached hydrogens (tertiary/aromatic N) is 4. The van der Waals surface area contributed by atoms with E-state index in [9.17, 15) is 0 Å². The van der Waals surface area contributed by atoms with Gasteiger partial charge in [0.25, 0.3) is 0 Å². The lowest BCUT2D eigenvalue weighted by atomic mass is 10.4. The molecule has 0 amide bonds. The predicted octanol–water partition coefficient (Wildman–Crippen LogP) is 1.43. The Morgan fingerprint density at radius 2 is 2.25 bits per heavy atom. The van der Waals surface area contributed by atoms with Crippen LogP contribution >= 0.6 is 15.9 Å². The molecule has 0 N–H and O–H groups in total. The number of rotatable bonds is 0. The molecule has 2 aromatic rings. The van der Waals surface area contributed by atoms with Gasteiger partial charge in [0, 0.05) is 7.05 Å². The lowest BCUT2D eigenvalue weighted by molar-refractivity contribution is 0.787. The fourth-order valence-corrected chi connectivity index (χ4v) is 1.61. The summed E-state index contributed by atoms with van der Waals surface area (Å²) in [5.74, 6) is 0.760. The third kappa shape index (κ3) is 1.01. The Morgan fingerprint density at radius 1 is 1.50 bits per heavy atom. The van der Waals surface area contributed by atoms with Crippen molar-refractivity contribution in [1.29, 1.82) is 0 Å². The Balaban J connectivity index is 2.90. The van der Waals surface area contributed by atoms with Gasteiger partial charge in [0.2, 0.25) is 0 Å². The van der Waals surface area contributed by atoms with Gasteiger partial charge in [-0.1, -0.05) is 0 Å². The molecule has 0 aliphatic carbocycles. The number of fused-ring (bicyclic) bond motifs is 1. The second kappa shape index (κ2) is 2.52. The Labute approximate surface area is 77.8 Å². The zero-order chi connectivity index (χ0) is 8.72. The third-order valence-corrected chi connectivity index (χ3v) is 2.21. The minimum Gasteiger partial charge on any atom is -0.264 e. The summed E-state index contributed by atoms with van der Waals surface area (Å²) in [6.45, 7) is 1.86. The molecule has 5 heteroatoms. The van der Waals surface area contributed by atoms with Crippen molar-refractivity contribution in [3.05, 3.63) is 16.6 Å². The van der Waals surface area contributed by atoms with Gasteiger partial charge in [-0.2, -0.15) is 5.10 Å². The van der Waals surface area contributed by atoms with Crippen LogP contribution in [0.1, 0.15) is 5.82 Å². The van der Waals surface area contributed by atoms with Gasteiger partial charge in [-0.05, 0) is 22.9 Å². The lowest BCUT2D eigenvalue weighted by Crippen LogP contribution is -1.91. The molecule has 0 spiro atoms. The first kappa shape index (κ1) is 7.67. The van der Waals surface area contributed by atoms with Crippen LogP contribution in [0.4, 0.5) is 0 Å². The lowest BCUT2D eigenvalue weighted by Gasteiger charge is -1.92. The third-order valence-electron chi connectivity index (χ3n) is 1.67. The van der Waals surface area contributed by atoms with Crippen molar-refractivity contribution < 1.29 is 0 Å². The van der Waals surface area contributed by atoms with Crippen LogP contribution in [0.2, 0.25) is 0 Å². The van der Waals surface area contributed by atoms with Crippen LogP contribution in [0.5, 0.6) is 0 Å². The smallest absolute Gasteiger partial charge is 0.154 e. The van der Waals surface area contributed by atoms with Gasteiger partial charge < -0.3 is 0 Å². The summed E-state index contributed by atoms with van der Waals surface area (Å²) in [5, 5.41) is 4.16. The molecule has 0 saturated carbocycles. The van der Waals surface area contributed by atoms with E-state index in [0.717, 1.165) is 21.5 Å². The Kier molecular flexibility index (Phi) is 1.61. The highest BCUT2D eigenvalue weighted by Gasteiger charge is 2.06. The first-order valence-corrected chi connectivity index (χ1v) is 4.29. The molecule has 2 aromatic heterocycles. The molecule has 0 aromatic carbocycles. The van der Waals surface area contributed by atoms with Crippen LogP contribution in [-0.4, -0.2) is 19.7 Å². The van der Waals surface area contributed by atoms with Crippen molar-refractivity contribution in [2.75, 3.05) is 0 Å². The van der Waals surface area contributed by atoms with Crippen molar-refractivity contribution in [3.63, 3.8) is 0 Å². The van der Waals surface area contributed by atoms with E-state index in [1.165, 1.54) is 0 Å². The quantitative estimate of drug-likeness (QED) is 0.683. The zero-order valence-electron chi connectivity index (χ0n) is 6.74. The van der Waals surface area contributed by atoms with Crippen LogP contribution in [0.25, 0.3) is 11.0 Å². The van der Waals surface area contributed by atoms with Crippen molar-refractivity contribution in [2.45, 2.75) is 6.92 Å². The fraction of sp³-hybridized carbons (Fsp3) is 0.286. The largest absolute Gasteiger partial charge is 0.264 e. The summed E-state index contributed by atoms with van der Waals surface area (Å²) >= 11 is 3.33. The molecule has 0 fully saturated rings. The molecule has 0 atom stereocenters. The average Bonchev–Trinajstić information content (AvgIpc) is 2.28. The molecular formula is C7H7BrN4. The highest BCUT2D eigenvalue weighted by molar-refractivity contribution is 9.10. The topological polar surface area (TPSA) is 43.6 Å². The summed E-state index contributed by atoms with van der Waals surface area (Å²) in [6.07, 6.45) is 1.77. The zero-order valence-corrected chi connectivity index (χ0v) is 8.33.